The molecule has 18 heavy (non-hydrogen) atoms. The van der Waals surface area contributed by atoms with Crippen molar-refractivity contribution in [3.8, 4) is 0 Å². The average Bonchev–Trinajstić information content (AvgIpc) is 2.89. The Kier molecular flexibility index (Phi) is 5.07. The zero-order chi connectivity index (χ0) is 12.8. The Morgan fingerprint density at radius 3 is 2.94 bits per heavy atom. The second kappa shape index (κ2) is 6.80. The van der Waals surface area contributed by atoms with Crippen molar-refractivity contribution in [3.63, 3.8) is 0 Å². The molecule has 1 aliphatic rings. The molecule has 2 heterocycles. The molecule has 2 N–H and O–H groups in total. The molecule has 0 spiro atoms. The van der Waals surface area contributed by atoms with Crippen LogP contribution in [0.25, 0.3) is 0 Å². The predicted molar refractivity (Wildman–Crippen MR) is 76.3 cm³/mol. The Bertz CT molecular complexity index is 382. The standard InChI is InChI=1S/C12H20N4OS/c1-3-17-7-12-15-10(13-2)6-11(16-12)14-9-4-5-18-8-9/h6,9H,3-5,7-8H2,1-2H3,(H2,13,14,15,16). The van der Waals surface area contributed by atoms with Crippen LogP contribution in [0, 0.1) is 0 Å². The molecule has 1 atom stereocenters. The third kappa shape index (κ3) is 3.74. The fourth-order valence-electron chi connectivity index (χ4n) is 1.81. The molecule has 1 fully saturated rings. The lowest BCUT2D eigenvalue weighted by Gasteiger charge is -2.14. The molecule has 0 bridgehead atoms. The first kappa shape index (κ1) is 13.4. The second-order valence-corrected chi connectivity index (χ2v) is 5.30. The second-order valence-electron chi connectivity index (χ2n) is 4.15. The number of aromatic nitrogens is 2. The van der Waals surface area contributed by atoms with Crippen LogP contribution in [0.15, 0.2) is 6.07 Å². The molecule has 1 aromatic heterocycles. The zero-order valence-electron chi connectivity index (χ0n) is 10.9. The van der Waals surface area contributed by atoms with Crippen molar-refractivity contribution in [3.05, 3.63) is 11.9 Å². The van der Waals surface area contributed by atoms with Gasteiger partial charge in [-0.25, -0.2) is 9.97 Å². The summed E-state index contributed by atoms with van der Waals surface area (Å²) in [6, 6.07) is 2.47. The molecule has 2 rings (SSSR count). The highest BCUT2D eigenvalue weighted by Gasteiger charge is 2.16. The number of nitrogens with zero attached hydrogens (tertiary/aromatic N) is 2. The summed E-state index contributed by atoms with van der Waals surface area (Å²) in [5.41, 5.74) is 0. The molecule has 1 aliphatic heterocycles. The summed E-state index contributed by atoms with van der Waals surface area (Å²) < 4.78 is 5.36. The highest BCUT2D eigenvalue weighted by atomic mass is 32.2. The highest BCUT2D eigenvalue weighted by Crippen LogP contribution is 2.21. The summed E-state index contributed by atoms with van der Waals surface area (Å²) in [6.07, 6.45) is 1.20. The summed E-state index contributed by atoms with van der Waals surface area (Å²) in [5, 5.41) is 6.52. The fourth-order valence-corrected chi connectivity index (χ4v) is 2.97. The summed E-state index contributed by atoms with van der Waals surface area (Å²) >= 11 is 1.98. The van der Waals surface area contributed by atoms with Gasteiger partial charge in [-0.2, -0.15) is 11.8 Å². The van der Waals surface area contributed by atoms with Gasteiger partial charge >= 0.3 is 0 Å². The van der Waals surface area contributed by atoms with Crippen LogP contribution in [-0.2, 0) is 11.3 Å². The fraction of sp³-hybridized carbons (Fsp3) is 0.667. The van der Waals surface area contributed by atoms with Crippen molar-refractivity contribution in [2.45, 2.75) is 26.0 Å². The van der Waals surface area contributed by atoms with Crippen LogP contribution in [0.2, 0.25) is 0 Å². The summed E-state index contributed by atoms with van der Waals surface area (Å²) in [4.78, 5) is 8.86. The number of hydrogen-bond donors (Lipinski definition) is 2. The van der Waals surface area contributed by atoms with Crippen molar-refractivity contribution in [1.29, 1.82) is 0 Å². The van der Waals surface area contributed by atoms with E-state index in [0.29, 0.717) is 19.3 Å². The van der Waals surface area contributed by atoms with Crippen LogP contribution in [0.1, 0.15) is 19.2 Å². The molecular formula is C12H20N4OS. The Morgan fingerprint density at radius 2 is 2.28 bits per heavy atom. The van der Waals surface area contributed by atoms with Crippen LogP contribution in [0.5, 0.6) is 0 Å². The third-order valence-electron chi connectivity index (χ3n) is 2.75. The summed E-state index contributed by atoms with van der Waals surface area (Å²) in [7, 11) is 1.86. The van der Waals surface area contributed by atoms with E-state index in [2.05, 4.69) is 20.6 Å². The van der Waals surface area contributed by atoms with Gasteiger partial charge in [0.1, 0.15) is 18.2 Å². The average molecular weight is 268 g/mol. The molecule has 5 nitrogen and oxygen atoms in total. The molecule has 100 valence electrons. The quantitative estimate of drug-likeness (QED) is 0.822. The van der Waals surface area contributed by atoms with E-state index >= 15 is 0 Å². The van der Waals surface area contributed by atoms with Gasteiger partial charge in [-0.15, -0.1) is 0 Å². The molecule has 1 unspecified atom stereocenters. The predicted octanol–water partition coefficient (Wildman–Crippen LogP) is 1.97. The Balaban J connectivity index is 2.06. The van der Waals surface area contributed by atoms with Crippen molar-refractivity contribution in [2.75, 3.05) is 35.8 Å². The van der Waals surface area contributed by atoms with Crippen LogP contribution >= 0.6 is 11.8 Å². The lowest BCUT2D eigenvalue weighted by atomic mass is 10.2. The number of thioether (sulfide) groups is 1. The lowest BCUT2D eigenvalue weighted by molar-refractivity contribution is 0.128. The molecule has 0 saturated carbocycles. The number of hydrogen-bond acceptors (Lipinski definition) is 6. The minimum absolute atomic E-state index is 0.458. The van der Waals surface area contributed by atoms with E-state index in [1.165, 1.54) is 12.2 Å². The van der Waals surface area contributed by atoms with Gasteiger partial charge in [0.25, 0.3) is 0 Å². The monoisotopic (exact) mass is 268 g/mol. The molecule has 0 aromatic carbocycles. The van der Waals surface area contributed by atoms with Gasteiger partial charge in [-0.3, -0.25) is 0 Å². The SMILES string of the molecule is CCOCc1nc(NC)cc(NC2CCSC2)n1. The van der Waals surface area contributed by atoms with E-state index in [1.807, 2.05) is 31.8 Å². The van der Waals surface area contributed by atoms with Gasteiger partial charge in [0.2, 0.25) is 0 Å². The molecule has 0 radical (unpaired) electrons. The van der Waals surface area contributed by atoms with E-state index in [1.54, 1.807) is 0 Å². The van der Waals surface area contributed by atoms with Gasteiger partial charge in [0.15, 0.2) is 5.82 Å². The first-order chi connectivity index (χ1) is 8.81. The molecule has 0 aliphatic carbocycles. The van der Waals surface area contributed by atoms with Crippen molar-refractivity contribution in [2.24, 2.45) is 0 Å². The van der Waals surface area contributed by atoms with Crippen molar-refractivity contribution < 1.29 is 4.74 Å². The first-order valence-corrected chi connectivity index (χ1v) is 7.45. The topological polar surface area (TPSA) is 59.1 Å². The van der Waals surface area contributed by atoms with Crippen LogP contribution in [0.4, 0.5) is 11.6 Å². The zero-order valence-corrected chi connectivity index (χ0v) is 11.7. The van der Waals surface area contributed by atoms with Gasteiger partial charge in [0.05, 0.1) is 0 Å². The van der Waals surface area contributed by atoms with E-state index in [9.17, 15) is 0 Å². The molecule has 0 amide bonds. The van der Waals surface area contributed by atoms with Gasteiger partial charge in [-0.05, 0) is 19.1 Å². The van der Waals surface area contributed by atoms with Crippen LogP contribution < -0.4 is 10.6 Å². The van der Waals surface area contributed by atoms with Crippen molar-refractivity contribution >= 4 is 23.4 Å². The van der Waals surface area contributed by atoms with E-state index < -0.39 is 0 Å². The summed E-state index contributed by atoms with van der Waals surface area (Å²) in [6.45, 7) is 3.10. The van der Waals surface area contributed by atoms with E-state index in [4.69, 9.17) is 4.74 Å². The molecule has 1 saturated heterocycles. The van der Waals surface area contributed by atoms with Crippen molar-refractivity contribution in [1.82, 2.24) is 9.97 Å². The van der Waals surface area contributed by atoms with E-state index in [0.717, 1.165) is 23.2 Å². The normalized spacial score (nSPS) is 18.9. The maximum absolute atomic E-state index is 5.36. The Morgan fingerprint density at radius 1 is 1.44 bits per heavy atom. The van der Waals surface area contributed by atoms with Crippen LogP contribution in [0.3, 0.4) is 0 Å². The maximum Gasteiger partial charge on any atom is 0.158 e. The minimum Gasteiger partial charge on any atom is -0.374 e. The lowest BCUT2D eigenvalue weighted by Crippen LogP contribution is -2.19. The number of nitrogens with one attached hydrogen (secondary N) is 2. The largest absolute Gasteiger partial charge is 0.374 e. The number of anilines is 2. The Labute approximate surface area is 112 Å². The third-order valence-corrected chi connectivity index (χ3v) is 3.91. The first-order valence-electron chi connectivity index (χ1n) is 6.29. The minimum atomic E-state index is 0.458. The molecule has 6 heteroatoms. The highest BCUT2D eigenvalue weighted by molar-refractivity contribution is 7.99. The van der Waals surface area contributed by atoms with Gasteiger partial charge < -0.3 is 15.4 Å². The number of ether oxygens (including phenoxy) is 1. The Hall–Kier alpha value is -1.01. The molecular weight excluding hydrogens is 248 g/mol. The summed E-state index contributed by atoms with van der Waals surface area (Å²) in [5.74, 6) is 4.81. The molecule has 1 aromatic rings. The van der Waals surface area contributed by atoms with Gasteiger partial charge in [0, 0.05) is 31.5 Å². The maximum atomic E-state index is 5.36. The van der Waals surface area contributed by atoms with Crippen LogP contribution in [-0.4, -0.2) is 41.2 Å². The van der Waals surface area contributed by atoms with Gasteiger partial charge in [-0.1, -0.05) is 0 Å². The van der Waals surface area contributed by atoms with E-state index in [-0.39, 0.29) is 0 Å². The smallest absolute Gasteiger partial charge is 0.158 e. The number of rotatable bonds is 6.